The molecule has 1 aromatic heterocycles. The fraction of sp³-hybridized carbons (Fsp3) is 0.222. The molecular weight excluding hydrogens is 318 g/mol. The minimum absolute atomic E-state index is 0.148. The van der Waals surface area contributed by atoms with E-state index >= 15 is 0 Å². The van der Waals surface area contributed by atoms with Crippen LogP contribution in [0.25, 0.3) is 5.69 Å². The molecule has 128 valence electrons. The van der Waals surface area contributed by atoms with Gasteiger partial charge in [-0.3, -0.25) is 4.79 Å². The summed E-state index contributed by atoms with van der Waals surface area (Å²) >= 11 is 0. The van der Waals surface area contributed by atoms with Crippen LogP contribution in [0.3, 0.4) is 0 Å². The quantitative estimate of drug-likeness (QED) is 0.747. The number of benzene rings is 2. The number of hydrogen-bond acceptors (Lipinski definition) is 5. The van der Waals surface area contributed by atoms with E-state index in [2.05, 4.69) is 20.8 Å². The van der Waals surface area contributed by atoms with Gasteiger partial charge in [-0.1, -0.05) is 24.3 Å². The zero-order valence-corrected chi connectivity index (χ0v) is 14.1. The van der Waals surface area contributed by atoms with Gasteiger partial charge in [0.15, 0.2) is 0 Å². The van der Waals surface area contributed by atoms with Crippen molar-refractivity contribution in [2.24, 2.45) is 0 Å². The Morgan fingerprint density at radius 3 is 2.64 bits per heavy atom. The van der Waals surface area contributed by atoms with E-state index < -0.39 is 0 Å². The van der Waals surface area contributed by atoms with Gasteiger partial charge in [-0.15, -0.1) is 5.10 Å². The van der Waals surface area contributed by atoms with E-state index in [-0.39, 0.29) is 11.9 Å². The van der Waals surface area contributed by atoms with E-state index in [0.717, 1.165) is 11.3 Å². The van der Waals surface area contributed by atoms with Crippen LogP contribution in [0.2, 0.25) is 0 Å². The average molecular weight is 337 g/mol. The molecule has 0 bridgehead atoms. The Kier molecular flexibility index (Phi) is 5.03. The molecule has 0 aliphatic rings. The number of amides is 1. The number of carbonyl (C=O) groups is 1. The van der Waals surface area contributed by atoms with Crippen LogP contribution in [0, 0.1) is 0 Å². The molecule has 0 aliphatic heterocycles. The van der Waals surface area contributed by atoms with Crippen LogP contribution in [0.5, 0.6) is 5.75 Å². The van der Waals surface area contributed by atoms with E-state index in [9.17, 15) is 4.79 Å². The van der Waals surface area contributed by atoms with E-state index in [0.29, 0.717) is 17.9 Å². The highest BCUT2D eigenvalue weighted by atomic mass is 16.5. The Labute approximate surface area is 145 Å². The first-order valence-electron chi connectivity index (χ1n) is 8.05. The highest BCUT2D eigenvalue weighted by molar-refractivity contribution is 5.97. The highest BCUT2D eigenvalue weighted by Gasteiger charge is 2.16. The average Bonchev–Trinajstić information content (AvgIpc) is 3.17. The largest absolute Gasteiger partial charge is 0.494 e. The maximum atomic E-state index is 12.7. The van der Waals surface area contributed by atoms with Gasteiger partial charge in [0.05, 0.1) is 23.9 Å². The third kappa shape index (κ3) is 3.82. The van der Waals surface area contributed by atoms with Gasteiger partial charge < -0.3 is 10.1 Å². The molecule has 7 heteroatoms. The van der Waals surface area contributed by atoms with Crippen molar-refractivity contribution in [3.63, 3.8) is 0 Å². The fourth-order valence-electron chi connectivity index (χ4n) is 2.51. The molecule has 2 aromatic carbocycles. The SMILES string of the molecule is CCOc1ccc(C(C)NC(=O)c2ccccc2-n2cnnn2)cc1. The van der Waals surface area contributed by atoms with E-state index in [1.54, 1.807) is 12.1 Å². The maximum Gasteiger partial charge on any atom is 0.253 e. The molecule has 0 saturated carbocycles. The number of tetrazole rings is 1. The lowest BCUT2D eigenvalue weighted by molar-refractivity contribution is 0.0939. The number of para-hydroxylation sites is 1. The van der Waals surface area contributed by atoms with Crippen molar-refractivity contribution in [2.45, 2.75) is 19.9 Å². The summed E-state index contributed by atoms with van der Waals surface area (Å²) in [6, 6.07) is 14.7. The van der Waals surface area contributed by atoms with Crippen molar-refractivity contribution < 1.29 is 9.53 Å². The minimum atomic E-state index is -0.188. The van der Waals surface area contributed by atoms with Gasteiger partial charge in [0, 0.05) is 0 Å². The lowest BCUT2D eigenvalue weighted by Gasteiger charge is -2.16. The summed E-state index contributed by atoms with van der Waals surface area (Å²) in [5, 5.41) is 14.1. The number of nitrogens with zero attached hydrogens (tertiary/aromatic N) is 4. The third-order valence-corrected chi connectivity index (χ3v) is 3.78. The van der Waals surface area contributed by atoms with Crippen LogP contribution in [-0.4, -0.2) is 32.7 Å². The standard InChI is InChI=1S/C18H19N5O2/c1-3-25-15-10-8-14(9-11-15)13(2)20-18(24)16-6-4-5-7-17(16)23-12-19-21-22-23/h4-13H,3H2,1-2H3,(H,20,24). The smallest absolute Gasteiger partial charge is 0.253 e. The molecule has 1 atom stereocenters. The molecule has 0 radical (unpaired) electrons. The van der Waals surface area contributed by atoms with E-state index in [4.69, 9.17) is 4.74 Å². The maximum absolute atomic E-state index is 12.7. The van der Waals surface area contributed by atoms with Crippen molar-refractivity contribution in [3.8, 4) is 11.4 Å². The molecule has 0 fully saturated rings. The number of ether oxygens (including phenoxy) is 1. The minimum Gasteiger partial charge on any atom is -0.494 e. The van der Waals surface area contributed by atoms with Crippen molar-refractivity contribution in [1.29, 1.82) is 0 Å². The number of rotatable bonds is 6. The van der Waals surface area contributed by atoms with Gasteiger partial charge in [-0.25, -0.2) is 0 Å². The lowest BCUT2D eigenvalue weighted by atomic mass is 10.1. The van der Waals surface area contributed by atoms with Crippen molar-refractivity contribution in [3.05, 3.63) is 66.0 Å². The van der Waals surface area contributed by atoms with Gasteiger partial charge in [0.25, 0.3) is 5.91 Å². The summed E-state index contributed by atoms with van der Waals surface area (Å²) in [7, 11) is 0. The Morgan fingerprint density at radius 1 is 1.20 bits per heavy atom. The lowest BCUT2D eigenvalue weighted by Crippen LogP contribution is -2.27. The first kappa shape index (κ1) is 16.6. The fourth-order valence-corrected chi connectivity index (χ4v) is 2.51. The van der Waals surface area contributed by atoms with Gasteiger partial charge in [-0.05, 0) is 54.1 Å². The van der Waals surface area contributed by atoms with Crippen LogP contribution < -0.4 is 10.1 Å². The predicted molar refractivity (Wildman–Crippen MR) is 92.6 cm³/mol. The van der Waals surface area contributed by atoms with Gasteiger partial charge in [0.2, 0.25) is 0 Å². The molecule has 0 saturated heterocycles. The van der Waals surface area contributed by atoms with Crippen molar-refractivity contribution in [1.82, 2.24) is 25.5 Å². The molecule has 3 aromatic rings. The van der Waals surface area contributed by atoms with Crippen LogP contribution in [0.1, 0.15) is 35.8 Å². The Balaban J connectivity index is 1.76. The number of aromatic nitrogens is 4. The molecule has 25 heavy (non-hydrogen) atoms. The summed E-state index contributed by atoms with van der Waals surface area (Å²) in [5.74, 6) is 0.626. The first-order valence-corrected chi connectivity index (χ1v) is 8.05. The summed E-state index contributed by atoms with van der Waals surface area (Å²) in [6.45, 7) is 4.51. The first-order chi connectivity index (χ1) is 12.2. The molecule has 7 nitrogen and oxygen atoms in total. The van der Waals surface area contributed by atoms with Crippen LogP contribution in [0.4, 0.5) is 0 Å². The van der Waals surface area contributed by atoms with Gasteiger partial charge in [-0.2, -0.15) is 4.68 Å². The van der Waals surface area contributed by atoms with Crippen LogP contribution in [-0.2, 0) is 0 Å². The summed E-state index contributed by atoms with van der Waals surface area (Å²) in [4.78, 5) is 12.7. The van der Waals surface area contributed by atoms with E-state index in [1.165, 1.54) is 11.0 Å². The molecule has 0 aliphatic carbocycles. The third-order valence-electron chi connectivity index (χ3n) is 3.78. The second-order valence-corrected chi connectivity index (χ2v) is 5.47. The van der Waals surface area contributed by atoms with Gasteiger partial charge >= 0.3 is 0 Å². The van der Waals surface area contributed by atoms with Crippen LogP contribution in [0.15, 0.2) is 54.9 Å². The Hall–Kier alpha value is -3.22. The molecule has 0 spiro atoms. The van der Waals surface area contributed by atoms with Crippen molar-refractivity contribution in [2.75, 3.05) is 6.61 Å². The highest BCUT2D eigenvalue weighted by Crippen LogP contribution is 2.19. The second-order valence-electron chi connectivity index (χ2n) is 5.47. The molecular formula is C18H19N5O2. The Morgan fingerprint density at radius 2 is 1.96 bits per heavy atom. The molecule has 1 heterocycles. The number of carbonyl (C=O) groups excluding carboxylic acids is 1. The normalized spacial score (nSPS) is 11.8. The number of nitrogens with one attached hydrogen (secondary N) is 1. The van der Waals surface area contributed by atoms with Crippen LogP contribution >= 0.6 is 0 Å². The molecule has 1 unspecified atom stereocenters. The summed E-state index contributed by atoms with van der Waals surface area (Å²) in [5.41, 5.74) is 2.13. The van der Waals surface area contributed by atoms with Gasteiger partial charge in [0.1, 0.15) is 12.1 Å². The summed E-state index contributed by atoms with van der Waals surface area (Å²) in [6.07, 6.45) is 1.46. The second kappa shape index (κ2) is 7.57. The van der Waals surface area contributed by atoms with Crippen molar-refractivity contribution >= 4 is 5.91 Å². The molecule has 1 amide bonds. The Bertz CT molecular complexity index is 831. The summed E-state index contributed by atoms with van der Waals surface area (Å²) < 4.78 is 6.91. The topological polar surface area (TPSA) is 81.9 Å². The zero-order chi connectivity index (χ0) is 17.6. The number of hydrogen-bond donors (Lipinski definition) is 1. The molecule has 1 N–H and O–H groups in total. The van der Waals surface area contributed by atoms with E-state index in [1.807, 2.05) is 50.2 Å². The molecule has 3 rings (SSSR count). The predicted octanol–water partition coefficient (Wildman–Crippen LogP) is 2.55. The monoisotopic (exact) mass is 337 g/mol. The zero-order valence-electron chi connectivity index (χ0n) is 14.1.